The Kier molecular flexibility index (Phi) is 6.08. The van der Waals surface area contributed by atoms with Crippen LogP contribution in [0.4, 0.5) is 0 Å². The number of aromatic amines is 2. The molecule has 0 saturated heterocycles. The van der Waals surface area contributed by atoms with E-state index in [0.29, 0.717) is 6.54 Å². The van der Waals surface area contributed by atoms with Crippen molar-refractivity contribution in [3.63, 3.8) is 0 Å². The van der Waals surface area contributed by atoms with E-state index in [1.807, 2.05) is 12.1 Å². The Bertz CT molecular complexity index is 1130. The maximum atomic E-state index is 4.74. The van der Waals surface area contributed by atoms with Gasteiger partial charge in [0.15, 0.2) is 11.8 Å². The van der Waals surface area contributed by atoms with Gasteiger partial charge in [-0.2, -0.15) is 5.10 Å². The predicted octanol–water partition coefficient (Wildman–Crippen LogP) is 3.56. The average molecular weight is 402 g/mol. The van der Waals surface area contributed by atoms with Gasteiger partial charge in [-0.3, -0.25) is 5.10 Å². The highest BCUT2D eigenvalue weighted by molar-refractivity contribution is 5.86. The summed E-state index contributed by atoms with van der Waals surface area (Å²) in [5.74, 6) is 1.58. The maximum absolute atomic E-state index is 4.74. The van der Waals surface area contributed by atoms with Gasteiger partial charge >= 0.3 is 0 Å². The lowest BCUT2D eigenvalue weighted by Crippen LogP contribution is -2.38. The summed E-state index contributed by atoms with van der Waals surface area (Å²) in [6, 6.07) is 14.6. The Labute approximate surface area is 176 Å². The summed E-state index contributed by atoms with van der Waals surface area (Å²) in [6.07, 6.45) is 4.55. The molecular formula is C23H27N7. The van der Waals surface area contributed by atoms with Crippen molar-refractivity contribution < 1.29 is 0 Å². The van der Waals surface area contributed by atoms with Crippen LogP contribution >= 0.6 is 0 Å². The Morgan fingerprint density at radius 3 is 2.87 bits per heavy atom. The zero-order valence-corrected chi connectivity index (χ0v) is 17.4. The molecule has 4 aromatic rings. The second-order valence-electron chi connectivity index (χ2n) is 7.22. The summed E-state index contributed by atoms with van der Waals surface area (Å²) < 4.78 is 0. The zero-order chi connectivity index (χ0) is 20.8. The van der Waals surface area contributed by atoms with Crippen LogP contribution in [0.2, 0.25) is 0 Å². The van der Waals surface area contributed by atoms with E-state index in [2.05, 4.69) is 81.2 Å². The van der Waals surface area contributed by atoms with Crippen LogP contribution in [-0.4, -0.2) is 39.2 Å². The number of fused-ring (bicyclic) bond motifs is 1. The molecule has 0 radical (unpaired) electrons. The van der Waals surface area contributed by atoms with E-state index in [4.69, 9.17) is 4.99 Å². The van der Waals surface area contributed by atoms with E-state index in [1.165, 1.54) is 28.4 Å². The number of para-hydroxylation sites is 1. The number of nitrogens with zero attached hydrogens (tertiary/aromatic N) is 3. The van der Waals surface area contributed by atoms with Crippen LogP contribution in [0.1, 0.15) is 23.6 Å². The molecule has 7 nitrogen and oxygen atoms in total. The lowest BCUT2D eigenvalue weighted by atomic mass is 10.1. The van der Waals surface area contributed by atoms with Crippen molar-refractivity contribution in [2.24, 2.45) is 4.99 Å². The minimum Gasteiger partial charge on any atom is -0.361 e. The van der Waals surface area contributed by atoms with Crippen molar-refractivity contribution in [3.05, 3.63) is 71.7 Å². The second-order valence-corrected chi connectivity index (χ2v) is 7.22. The maximum Gasteiger partial charge on any atom is 0.191 e. The molecule has 30 heavy (non-hydrogen) atoms. The average Bonchev–Trinajstić information content (AvgIpc) is 3.43. The molecule has 4 rings (SSSR count). The van der Waals surface area contributed by atoms with Gasteiger partial charge in [-0.1, -0.05) is 36.4 Å². The van der Waals surface area contributed by atoms with Crippen LogP contribution in [0.25, 0.3) is 22.3 Å². The zero-order valence-electron chi connectivity index (χ0n) is 17.4. The van der Waals surface area contributed by atoms with Gasteiger partial charge in [-0.05, 0) is 43.0 Å². The minimum atomic E-state index is 0.587. The number of benzene rings is 2. The summed E-state index contributed by atoms with van der Waals surface area (Å²) >= 11 is 0. The Balaban J connectivity index is 1.39. The molecule has 7 heteroatoms. The van der Waals surface area contributed by atoms with E-state index in [0.717, 1.165) is 42.4 Å². The first-order valence-electron chi connectivity index (χ1n) is 10.3. The van der Waals surface area contributed by atoms with Gasteiger partial charge in [0.2, 0.25) is 0 Å². The molecular weight excluding hydrogens is 374 g/mol. The van der Waals surface area contributed by atoms with E-state index in [9.17, 15) is 0 Å². The van der Waals surface area contributed by atoms with Crippen LogP contribution in [0.3, 0.4) is 0 Å². The number of guanidine groups is 1. The van der Waals surface area contributed by atoms with Crippen LogP contribution in [0, 0.1) is 6.92 Å². The number of H-pyrrole nitrogens is 2. The molecule has 0 amide bonds. The fraction of sp³-hybridized carbons (Fsp3) is 0.261. The summed E-state index contributed by atoms with van der Waals surface area (Å²) in [5, 5.41) is 14.9. The number of rotatable bonds is 7. The van der Waals surface area contributed by atoms with Crippen molar-refractivity contribution in [1.82, 2.24) is 30.8 Å². The Morgan fingerprint density at radius 2 is 2.03 bits per heavy atom. The molecule has 0 aliphatic carbocycles. The highest BCUT2D eigenvalue weighted by Crippen LogP contribution is 2.21. The largest absolute Gasteiger partial charge is 0.361 e. The van der Waals surface area contributed by atoms with Gasteiger partial charge in [0.05, 0.1) is 6.54 Å². The van der Waals surface area contributed by atoms with Crippen LogP contribution in [0.5, 0.6) is 0 Å². The van der Waals surface area contributed by atoms with E-state index >= 15 is 0 Å². The number of hydrogen-bond donors (Lipinski definition) is 4. The fourth-order valence-corrected chi connectivity index (χ4v) is 3.56. The molecule has 0 unspecified atom stereocenters. The predicted molar refractivity (Wildman–Crippen MR) is 121 cm³/mol. The Hall–Kier alpha value is -3.61. The lowest BCUT2D eigenvalue weighted by Gasteiger charge is -2.11. The van der Waals surface area contributed by atoms with Crippen molar-refractivity contribution >= 4 is 16.9 Å². The molecule has 2 heterocycles. The summed E-state index contributed by atoms with van der Waals surface area (Å²) in [4.78, 5) is 12.4. The van der Waals surface area contributed by atoms with E-state index < -0.39 is 0 Å². The van der Waals surface area contributed by atoms with Gasteiger partial charge in [0.25, 0.3) is 0 Å². The molecule has 0 atom stereocenters. The number of hydrogen-bond acceptors (Lipinski definition) is 3. The number of aliphatic imine (C=N–C) groups is 1. The van der Waals surface area contributed by atoms with Crippen LogP contribution in [-0.2, 0) is 13.0 Å². The van der Waals surface area contributed by atoms with Gasteiger partial charge in [0.1, 0.15) is 6.33 Å². The van der Waals surface area contributed by atoms with Crippen molar-refractivity contribution in [1.29, 1.82) is 0 Å². The minimum absolute atomic E-state index is 0.587. The van der Waals surface area contributed by atoms with Gasteiger partial charge in [-0.25, -0.2) is 9.98 Å². The van der Waals surface area contributed by atoms with Crippen molar-refractivity contribution in [2.75, 3.05) is 13.1 Å². The first-order chi connectivity index (χ1) is 14.7. The van der Waals surface area contributed by atoms with Crippen molar-refractivity contribution in [2.45, 2.75) is 26.8 Å². The number of aryl methyl sites for hydroxylation is 1. The lowest BCUT2D eigenvalue weighted by molar-refractivity contribution is 0.801. The monoisotopic (exact) mass is 401 g/mol. The summed E-state index contributed by atoms with van der Waals surface area (Å²) in [5.41, 5.74) is 5.94. The van der Waals surface area contributed by atoms with E-state index in [1.54, 1.807) is 0 Å². The molecule has 0 spiro atoms. The number of nitrogens with one attached hydrogen (secondary N) is 4. The molecule has 0 fully saturated rings. The highest BCUT2D eigenvalue weighted by Gasteiger charge is 2.06. The molecule has 0 bridgehead atoms. The van der Waals surface area contributed by atoms with Crippen LogP contribution < -0.4 is 10.6 Å². The van der Waals surface area contributed by atoms with Crippen LogP contribution in [0.15, 0.2) is 60.0 Å². The van der Waals surface area contributed by atoms with Gasteiger partial charge in [-0.15, -0.1) is 0 Å². The third kappa shape index (κ3) is 4.51. The summed E-state index contributed by atoms with van der Waals surface area (Å²) in [6.45, 7) is 6.42. The molecule has 154 valence electrons. The molecule has 2 aromatic carbocycles. The molecule has 0 aliphatic heterocycles. The number of aromatic nitrogens is 4. The SMILES string of the molecule is CCNC(=NCc1cccc(-c2ncn[nH]2)c1)NCCc1c[nH]c2c(C)cccc12. The third-order valence-electron chi connectivity index (χ3n) is 5.08. The molecule has 0 saturated carbocycles. The first-order valence-corrected chi connectivity index (χ1v) is 10.3. The molecule has 4 N–H and O–H groups in total. The van der Waals surface area contributed by atoms with Gasteiger partial charge in [0, 0.05) is 35.8 Å². The molecule has 2 aromatic heterocycles. The normalized spacial score (nSPS) is 11.7. The third-order valence-corrected chi connectivity index (χ3v) is 5.08. The quantitative estimate of drug-likeness (QED) is 0.281. The highest BCUT2D eigenvalue weighted by atomic mass is 15.2. The second kappa shape index (κ2) is 9.26. The summed E-state index contributed by atoms with van der Waals surface area (Å²) in [7, 11) is 0. The van der Waals surface area contributed by atoms with Crippen molar-refractivity contribution in [3.8, 4) is 11.4 Å². The van der Waals surface area contributed by atoms with E-state index in [-0.39, 0.29) is 0 Å². The topological polar surface area (TPSA) is 93.8 Å². The standard InChI is InChI=1S/C23H27N7/c1-3-24-23(25-11-10-19-14-26-21-16(2)6-4-9-20(19)21)27-13-17-7-5-8-18(12-17)22-28-15-29-30-22/h4-9,12,14-15,26H,3,10-11,13H2,1-2H3,(H2,24,25,27)(H,28,29,30). The smallest absolute Gasteiger partial charge is 0.191 e. The Morgan fingerprint density at radius 1 is 1.13 bits per heavy atom. The first kappa shape index (κ1) is 19.7. The molecule has 0 aliphatic rings. The van der Waals surface area contributed by atoms with Gasteiger partial charge < -0.3 is 15.6 Å². The fourth-order valence-electron chi connectivity index (χ4n) is 3.56.